The molecule has 0 saturated heterocycles. The molecule has 0 spiro atoms. The van der Waals surface area contributed by atoms with Crippen LogP contribution in [-0.4, -0.2) is 74.3 Å². The predicted molar refractivity (Wildman–Crippen MR) is 280 cm³/mol. The first-order chi connectivity index (χ1) is 35.2. The minimum absolute atomic E-state index is 0.0126. The third-order valence-electron chi connectivity index (χ3n) is 15.0. The summed E-state index contributed by atoms with van der Waals surface area (Å²) >= 11 is 0. The Bertz CT molecular complexity index is 1910. The quantitative estimate of drug-likeness (QED) is 0.0249. The summed E-state index contributed by atoms with van der Waals surface area (Å²) in [5.74, 6) is -5.19. The number of hydrogen-bond donors (Lipinski definition) is 1. The van der Waals surface area contributed by atoms with Crippen molar-refractivity contribution in [1.29, 1.82) is 0 Å². The maximum atomic E-state index is 14.9. The van der Waals surface area contributed by atoms with Gasteiger partial charge in [0.2, 0.25) is 0 Å². The van der Waals surface area contributed by atoms with Crippen molar-refractivity contribution in [3.05, 3.63) is 69.8 Å². The second-order valence-electron chi connectivity index (χ2n) is 20.3. The van der Waals surface area contributed by atoms with Crippen LogP contribution in [0.25, 0.3) is 0 Å². The monoisotopic (exact) mass is 1030 g/mol. The van der Waals surface area contributed by atoms with E-state index in [-0.39, 0.29) is 51.6 Å². The second kappa shape index (κ2) is 34.5. The minimum Gasteiger partial charge on any atom is -0.465 e. The van der Waals surface area contributed by atoms with Gasteiger partial charge in [-0.25, -0.2) is 17.6 Å². The number of hydrogen-bond acceptors (Lipinski definition) is 10. The molecule has 0 aromatic heterocycles. The van der Waals surface area contributed by atoms with E-state index in [1.54, 1.807) is 52.0 Å². The Hall–Kier alpha value is -4.04. The van der Waals surface area contributed by atoms with Crippen LogP contribution in [0.1, 0.15) is 218 Å². The Morgan fingerprint density at radius 2 is 0.795 bits per heavy atom. The molecule has 0 bridgehead atoms. The summed E-state index contributed by atoms with van der Waals surface area (Å²) in [6, 6.07) is 6.80. The first-order valence-electron chi connectivity index (χ1n) is 28.2. The summed E-state index contributed by atoms with van der Waals surface area (Å²) in [6.07, 6.45) is 23.2. The third-order valence-corrected chi connectivity index (χ3v) is 15.0. The van der Waals surface area contributed by atoms with Crippen LogP contribution in [-0.2, 0) is 64.1 Å². The Morgan fingerprint density at radius 3 is 1.18 bits per heavy atom. The fraction of sp³-hybridized carbons (Fsp3) is 0.729. The molecule has 0 atom stereocenters. The van der Waals surface area contributed by atoms with Crippen molar-refractivity contribution in [3.8, 4) is 0 Å². The largest absolute Gasteiger partial charge is 0.465 e. The summed E-state index contributed by atoms with van der Waals surface area (Å²) in [5.41, 5.74) is -1.06. The number of rotatable bonds is 32. The van der Waals surface area contributed by atoms with Crippen LogP contribution < -0.4 is 5.32 Å². The van der Waals surface area contributed by atoms with E-state index in [4.69, 9.17) is 18.9 Å². The van der Waals surface area contributed by atoms with Gasteiger partial charge < -0.3 is 24.3 Å². The van der Waals surface area contributed by atoms with Crippen molar-refractivity contribution in [2.75, 3.05) is 33.5 Å². The van der Waals surface area contributed by atoms with Crippen LogP contribution in [0.3, 0.4) is 0 Å². The van der Waals surface area contributed by atoms with Gasteiger partial charge in [0, 0.05) is 36.3 Å². The van der Waals surface area contributed by atoms with Crippen molar-refractivity contribution < 1.29 is 55.7 Å². The van der Waals surface area contributed by atoms with Gasteiger partial charge in [-0.2, -0.15) is 0 Å². The summed E-state index contributed by atoms with van der Waals surface area (Å²) in [7, 11) is 1.87. The van der Waals surface area contributed by atoms with Gasteiger partial charge in [0.05, 0.1) is 26.4 Å². The molecule has 2 fully saturated rings. The average Bonchev–Trinajstić information content (AvgIpc) is 3.39. The van der Waals surface area contributed by atoms with Gasteiger partial charge in [0.1, 0.15) is 0 Å². The highest BCUT2D eigenvalue weighted by Crippen LogP contribution is 2.41. The average molecular weight is 1030 g/mol. The number of nitrogens with one attached hydrogen (secondary N) is 1. The zero-order chi connectivity index (χ0) is 53.7. The summed E-state index contributed by atoms with van der Waals surface area (Å²) in [4.78, 5) is 52.4. The van der Waals surface area contributed by atoms with Gasteiger partial charge in [-0.1, -0.05) is 128 Å². The van der Waals surface area contributed by atoms with E-state index in [0.29, 0.717) is 86.5 Å². The molecule has 4 rings (SSSR count). The van der Waals surface area contributed by atoms with Crippen LogP contribution in [0, 0.1) is 34.1 Å². The predicted octanol–water partition coefficient (Wildman–Crippen LogP) is 13.9. The number of benzene rings is 2. The lowest BCUT2D eigenvalue weighted by atomic mass is 9.72. The lowest BCUT2D eigenvalue weighted by Crippen LogP contribution is -2.48. The van der Waals surface area contributed by atoms with Crippen LogP contribution in [0.15, 0.2) is 24.3 Å². The standard InChI is InChI=1S/C30H47F2NO4.C29H45F2NO4/c1-5-8-9-10-11-12-13-14-15-23-16-17-24(27(32)26(23)31)22-33(4)25-18-20-30(21-19-25,28(34)36-6-2)29(35)37-7-3;1-4-7-8-9-10-11-12-13-14-22-15-16-23(26(31)25(22)30)21-32-24-17-19-29(20-18-24,27(33)35-5-2)28(34)36-6-3/h16-17,25H,5-15,18-22H2,1-4H3;15-16,24,32H,4-14,17-21H2,1-3H3. The number of ether oxygens (including phenoxy) is 4. The van der Waals surface area contributed by atoms with E-state index in [9.17, 15) is 36.7 Å². The molecule has 0 amide bonds. The third kappa shape index (κ3) is 19.6. The topological polar surface area (TPSA) is 120 Å². The molecule has 2 aromatic rings. The van der Waals surface area contributed by atoms with E-state index in [0.717, 1.165) is 38.5 Å². The molecule has 1 N–H and O–H groups in total. The second-order valence-corrected chi connectivity index (χ2v) is 20.3. The van der Waals surface area contributed by atoms with Crippen molar-refractivity contribution in [2.45, 2.75) is 234 Å². The first kappa shape index (κ1) is 63.3. The molecule has 2 aliphatic rings. The lowest BCUT2D eigenvalue weighted by molar-refractivity contribution is -0.177. The van der Waals surface area contributed by atoms with E-state index >= 15 is 0 Å². The lowest BCUT2D eigenvalue weighted by Gasteiger charge is -2.39. The molecule has 14 heteroatoms. The first-order valence-corrected chi connectivity index (χ1v) is 28.2. The van der Waals surface area contributed by atoms with Crippen molar-refractivity contribution in [2.24, 2.45) is 10.8 Å². The molecule has 0 heterocycles. The number of esters is 4. The molecule has 10 nitrogen and oxygen atoms in total. The maximum Gasteiger partial charge on any atom is 0.323 e. The number of unbranched alkanes of at least 4 members (excludes halogenated alkanes) is 14. The van der Waals surface area contributed by atoms with Gasteiger partial charge >= 0.3 is 23.9 Å². The minimum atomic E-state index is -1.28. The normalized spacial score (nSPS) is 15.6. The maximum absolute atomic E-state index is 14.9. The molecule has 73 heavy (non-hydrogen) atoms. The molecule has 0 aliphatic heterocycles. The van der Waals surface area contributed by atoms with Gasteiger partial charge in [0.25, 0.3) is 0 Å². The highest BCUT2D eigenvalue weighted by Gasteiger charge is 2.52. The molecule has 2 saturated carbocycles. The number of halogens is 4. The van der Waals surface area contributed by atoms with Crippen molar-refractivity contribution in [3.63, 3.8) is 0 Å². The SMILES string of the molecule is CCCCCCCCCCc1ccc(CN(C)C2CCC(C(=O)OCC)(C(=O)OCC)CC2)c(F)c1F.CCCCCCCCCCc1ccc(CNC2CCC(C(=O)OCC)(C(=O)OCC)CC2)c(F)c1F. The van der Waals surface area contributed by atoms with Crippen molar-refractivity contribution in [1.82, 2.24) is 10.2 Å². The van der Waals surface area contributed by atoms with Crippen LogP contribution >= 0.6 is 0 Å². The van der Waals surface area contributed by atoms with Gasteiger partial charge in [-0.05, 0) is 123 Å². The zero-order valence-corrected chi connectivity index (χ0v) is 45.8. The fourth-order valence-corrected chi connectivity index (χ4v) is 10.4. The van der Waals surface area contributed by atoms with E-state index in [1.165, 1.54) is 64.2 Å². The van der Waals surface area contributed by atoms with Gasteiger partial charge in [-0.3, -0.25) is 24.1 Å². The van der Waals surface area contributed by atoms with Crippen molar-refractivity contribution >= 4 is 23.9 Å². The van der Waals surface area contributed by atoms with Crippen LogP contribution in [0.4, 0.5) is 17.6 Å². The summed E-state index contributed by atoms with van der Waals surface area (Å²) < 4.78 is 79.8. The number of carbonyl (C=O) groups is 4. The van der Waals surface area contributed by atoms with Crippen LogP contribution in [0.5, 0.6) is 0 Å². The molecule has 2 aromatic carbocycles. The molecule has 2 aliphatic carbocycles. The van der Waals surface area contributed by atoms with E-state index in [2.05, 4.69) is 19.2 Å². The smallest absolute Gasteiger partial charge is 0.323 e. The summed E-state index contributed by atoms with van der Waals surface area (Å²) in [6.45, 7) is 12.5. The highest BCUT2D eigenvalue weighted by molar-refractivity contribution is 6.00. The zero-order valence-electron chi connectivity index (χ0n) is 45.8. The van der Waals surface area contributed by atoms with Gasteiger partial charge in [0.15, 0.2) is 34.1 Å². The summed E-state index contributed by atoms with van der Waals surface area (Å²) in [5, 5.41) is 3.27. The number of aryl methyl sites for hydroxylation is 2. The Morgan fingerprint density at radius 1 is 0.479 bits per heavy atom. The Kier molecular flexibility index (Phi) is 29.9. The van der Waals surface area contributed by atoms with E-state index in [1.807, 2.05) is 11.9 Å². The Labute approximate surface area is 436 Å². The van der Waals surface area contributed by atoms with Gasteiger partial charge in [-0.15, -0.1) is 0 Å². The number of carbonyl (C=O) groups excluding carboxylic acids is 4. The molecular weight excluding hydrogens is 941 g/mol. The Balaban J connectivity index is 0.000000385. The fourth-order valence-electron chi connectivity index (χ4n) is 10.4. The van der Waals surface area contributed by atoms with Crippen LogP contribution in [0.2, 0.25) is 0 Å². The number of nitrogens with zero attached hydrogens (tertiary/aromatic N) is 1. The highest BCUT2D eigenvalue weighted by atomic mass is 19.2. The molecule has 0 radical (unpaired) electrons. The molecule has 414 valence electrons. The van der Waals surface area contributed by atoms with E-state index < -0.39 is 58.0 Å². The molecular formula is C59H92F4N2O8. The molecule has 0 unspecified atom stereocenters.